The van der Waals surface area contributed by atoms with E-state index in [9.17, 15) is 4.79 Å². The average Bonchev–Trinajstić information content (AvgIpc) is 2.47. The van der Waals surface area contributed by atoms with Gasteiger partial charge in [0.25, 0.3) is 5.59 Å². The van der Waals surface area contributed by atoms with E-state index >= 15 is 0 Å². The van der Waals surface area contributed by atoms with Gasteiger partial charge in [0.2, 0.25) is 0 Å². The molecule has 1 heterocycles. The van der Waals surface area contributed by atoms with E-state index in [4.69, 9.17) is 9.47 Å². The lowest BCUT2D eigenvalue weighted by atomic mass is 10.0. The minimum Gasteiger partial charge on any atom is -0.497 e. The Morgan fingerprint density at radius 1 is 1.32 bits per heavy atom. The topological polar surface area (TPSA) is 35.5 Å². The van der Waals surface area contributed by atoms with E-state index in [1.807, 2.05) is 23.5 Å². The van der Waals surface area contributed by atoms with Crippen LogP contribution in [0.2, 0.25) is 0 Å². The molecule has 0 saturated carbocycles. The van der Waals surface area contributed by atoms with E-state index < -0.39 is 8.40 Å². The van der Waals surface area contributed by atoms with Gasteiger partial charge < -0.3 is 9.47 Å². The summed E-state index contributed by atoms with van der Waals surface area (Å²) in [5.74, 6) is 1.29. The van der Waals surface area contributed by atoms with Gasteiger partial charge in [-0.2, -0.15) is 0 Å². The van der Waals surface area contributed by atoms with Gasteiger partial charge in [-0.1, -0.05) is 44.5 Å². The number of carbonyl (C=O) groups excluding carboxylic acids is 1. The molecule has 0 radical (unpaired) electrons. The summed E-state index contributed by atoms with van der Waals surface area (Å²) in [4.78, 5) is 12.0. The number of hydrogen-bond acceptors (Lipinski definition) is 3. The first-order chi connectivity index (χ1) is 9.21. The van der Waals surface area contributed by atoms with E-state index in [2.05, 4.69) is 13.8 Å². The lowest BCUT2D eigenvalue weighted by Gasteiger charge is -2.14. The quantitative estimate of drug-likeness (QED) is 0.677. The van der Waals surface area contributed by atoms with Crippen molar-refractivity contribution >= 4 is 14.0 Å². The molecule has 3 nitrogen and oxygen atoms in total. The van der Waals surface area contributed by atoms with Crippen LogP contribution in [0.15, 0.2) is 23.5 Å². The van der Waals surface area contributed by atoms with Crippen molar-refractivity contribution in [3.63, 3.8) is 0 Å². The summed E-state index contributed by atoms with van der Waals surface area (Å²) >= 11 is 0. The first-order valence-corrected chi connectivity index (χ1v) is 8.67. The smallest absolute Gasteiger partial charge is 0.297 e. The summed E-state index contributed by atoms with van der Waals surface area (Å²) in [6, 6.07) is 3.70. The molecule has 1 atom stereocenters. The summed E-state index contributed by atoms with van der Waals surface area (Å²) in [7, 11) is 0.310. The molecular formula is C15H24O3Si. The molecule has 4 heteroatoms. The molecule has 0 aliphatic heterocycles. The van der Waals surface area contributed by atoms with Gasteiger partial charge in [-0.15, -0.1) is 0 Å². The zero-order valence-corrected chi connectivity index (χ0v) is 13.1. The zero-order valence-electron chi connectivity index (χ0n) is 12.1. The molecule has 1 unspecified atom stereocenters. The third-order valence-electron chi connectivity index (χ3n) is 3.32. The van der Waals surface area contributed by atoms with Gasteiger partial charge in [0.15, 0.2) is 8.40 Å². The van der Waals surface area contributed by atoms with Gasteiger partial charge in [-0.25, -0.2) is 0 Å². The Kier molecular flexibility index (Phi) is 7.41. The molecule has 0 N–H and O–H groups in total. The van der Waals surface area contributed by atoms with Crippen LogP contribution in [0.1, 0.15) is 39.5 Å². The molecule has 0 bridgehead atoms. The molecule has 1 aromatic rings. The molecule has 0 aliphatic rings. The second-order valence-electron chi connectivity index (χ2n) is 4.74. The minimum atomic E-state index is -1.31. The number of unbranched alkanes of at least 4 members (excludes halogenated alkanes) is 1. The van der Waals surface area contributed by atoms with Gasteiger partial charge in [-0.3, -0.25) is 4.79 Å². The molecule has 19 heavy (non-hydrogen) atoms. The highest BCUT2D eigenvalue weighted by Crippen LogP contribution is 2.13. The van der Waals surface area contributed by atoms with Crippen LogP contribution in [0, 0.1) is 5.92 Å². The highest BCUT2D eigenvalue weighted by Gasteiger charge is 2.12. The SMILES string of the molecule is CCCCC(CC)COC(=O)[si]1ccc(OC)cc1. The Morgan fingerprint density at radius 2 is 2.00 bits per heavy atom. The maximum Gasteiger partial charge on any atom is 0.297 e. The molecule has 0 fully saturated rings. The van der Waals surface area contributed by atoms with Crippen LogP contribution < -0.4 is 4.74 Å². The van der Waals surface area contributed by atoms with Gasteiger partial charge in [0, 0.05) is 0 Å². The van der Waals surface area contributed by atoms with Crippen LogP contribution >= 0.6 is 0 Å². The molecular weight excluding hydrogens is 256 g/mol. The Morgan fingerprint density at radius 3 is 2.53 bits per heavy atom. The molecule has 1 aromatic heterocycles. The predicted octanol–water partition coefficient (Wildman–Crippen LogP) is 3.92. The molecule has 0 aromatic carbocycles. The number of rotatable bonds is 8. The third-order valence-corrected chi connectivity index (χ3v) is 4.99. The first-order valence-electron chi connectivity index (χ1n) is 7.02. The minimum absolute atomic E-state index is 0.0670. The second-order valence-corrected chi connectivity index (χ2v) is 6.73. The van der Waals surface area contributed by atoms with Gasteiger partial charge >= 0.3 is 0 Å². The zero-order chi connectivity index (χ0) is 14.1. The van der Waals surface area contributed by atoms with Crippen LogP contribution in [0.3, 0.4) is 0 Å². The molecule has 0 saturated heterocycles. The van der Waals surface area contributed by atoms with Crippen molar-refractivity contribution in [3.05, 3.63) is 23.5 Å². The highest BCUT2D eigenvalue weighted by molar-refractivity contribution is 6.81. The molecule has 0 amide bonds. The summed E-state index contributed by atoms with van der Waals surface area (Å²) in [6.07, 6.45) is 4.62. The fourth-order valence-corrected chi connectivity index (χ4v) is 3.22. The highest BCUT2D eigenvalue weighted by atomic mass is 28.2. The van der Waals surface area contributed by atoms with Crippen molar-refractivity contribution < 1.29 is 14.3 Å². The number of carbonyl (C=O) groups is 1. The van der Waals surface area contributed by atoms with Crippen LogP contribution in [-0.4, -0.2) is 27.7 Å². The van der Waals surface area contributed by atoms with Crippen molar-refractivity contribution in [2.24, 2.45) is 5.92 Å². The van der Waals surface area contributed by atoms with Crippen molar-refractivity contribution in [1.29, 1.82) is 0 Å². The molecule has 0 aliphatic carbocycles. The van der Waals surface area contributed by atoms with Gasteiger partial charge in [0.05, 0.1) is 13.7 Å². The molecule has 106 valence electrons. The normalized spacial score (nSPS) is 11.9. The van der Waals surface area contributed by atoms with Crippen LogP contribution in [0.25, 0.3) is 0 Å². The standard InChI is InChI=1S/C15H24O3Si/c1-4-6-7-13(5-2)12-18-15(16)19-10-8-14(17-3)9-11-19/h8-11,13H,4-7,12H2,1-3H3. The van der Waals surface area contributed by atoms with E-state index in [-0.39, 0.29) is 5.59 Å². The fourth-order valence-electron chi connectivity index (χ4n) is 1.90. The summed E-state index contributed by atoms with van der Waals surface area (Å²) in [5, 5.41) is 0. The number of hydrogen-bond donors (Lipinski definition) is 0. The van der Waals surface area contributed by atoms with E-state index in [1.54, 1.807) is 7.11 Å². The Balaban J connectivity index is 2.44. The lowest BCUT2D eigenvalue weighted by molar-refractivity contribution is 0.146. The monoisotopic (exact) mass is 280 g/mol. The van der Waals surface area contributed by atoms with Crippen molar-refractivity contribution in [1.82, 2.24) is 0 Å². The number of methoxy groups -OCH3 is 1. The predicted molar refractivity (Wildman–Crippen MR) is 79.0 cm³/mol. The van der Waals surface area contributed by atoms with Crippen molar-refractivity contribution in [2.45, 2.75) is 39.5 Å². The maximum atomic E-state index is 12.0. The van der Waals surface area contributed by atoms with Crippen LogP contribution in [0.4, 0.5) is 4.79 Å². The van der Waals surface area contributed by atoms with E-state index in [1.165, 1.54) is 12.8 Å². The lowest BCUT2D eigenvalue weighted by Crippen LogP contribution is -2.19. The summed E-state index contributed by atoms with van der Waals surface area (Å²) < 4.78 is 10.5. The molecule has 1 rings (SSSR count). The van der Waals surface area contributed by atoms with Crippen LogP contribution in [0.5, 0.6) is 5.75 Å². The summed E-state index contributed by atoms with van der Waals surface area (Å²) in [5.41, 5.74) is 3.76. The Bertz CT molecular complexity index is 375. The largest absolute Gasteiger partial charge is 0.497 e. The van der Waals surface area contributed by atoms with Crippen LogP contribution in [-0.2, 0) is 4.74 Å². The second kappa shape index (κ2) is 8.86. The molecule has 0 spiro atoms. The van der Waals surface area contributed by atoms with Crippen molar-refractivity contribution in [3.8, 4) is 5.75 Å². The van der Waals surface area contributed by atoms with E-state index in [0.717, 1.165) is 18.6 Å². The fraction of sp³-hybridized carbons (Fsp3) is 0.600. The Labute approximate surface area is 117 Å². The van der Waals surface area contributed by atoms with Gasteiger partial charge in [0.1, 0.15) is 5.75 Å². The first kappa shape index (κ1) is 15.9. The van der Waals surface area contributed by atoms with E-state index in [0.29, 0.717) is 12.5 Å². The third kappa shape index (κ3) is 5.55. The van der Waals surface area contributed by atoms with Crippen molar-refractivity contribution in [2.75, 3.05) is 13.7 Å². The average molecular weight is 280 g/mol. The number of ether oxygens (including phenoxy) is 2. The Hall–Kier alpha value is -1.16. The van der Waals surface area contributed by atoms with Gasteiger partial charge in [-0.05, 0) is 24.5 Å². The summed E-state index contributed by atoms with van der Waals surface area (Å²) in [6.45, 7) is 4.90. The maximum absolute atomic E-state index is 12.0.